The standard InChI is InChI=1S/C22H31NO4S/c1-13-19(21(25)26-3)7-18(27-13)11-28-12-20(24)23-14(2)22-8-15-4-16(9-22)6-17(5-15)10-22/h7,14-17H,4-6,8-12H2,1-3H3,(H,23,24). The number of carbonyl (C=O) groups is 2. The van der Waals surface area contributed by atoms with Gasteiger partial charge in [-0.1, -0.05) is 0 Å². The number of ether oxygens (including phenoxy) is 1. The van der Waals surface area contributed by atoms with Gasteiger partial charge in [0.1, 0.15) is 17.1 Å². The second-order valence-electron chi connectivity index (χ2n) is 9.24. The number of esters is 1. The normalized spacial score (nSPS) is 31.6. The van der Waals surface area contributed by atoms with Crippen molar-refractivity contribution >= 4 is 23.6 Å². The highest BCUT2D eigenvalue weighted by atomic mass is 32.2. The summed E-state index contributed by atoms with van der Waals surface area (Å²) in [5.41, 5.74) is 0.792. The van der Waals surface area contributed by atoms with Crippen molar-refractivity contribution < 1.29 is 18.7 Å². The van der Waals surface area contributed by atoms with Crippen LogP contribution < -0.4 is 5.32 Å². The Morgan fingerprint density at radius 3 is 2.43 bits per heavy atom. The number of hydrogen-bond donors (Lipinski definition) is 1. The Balaban J connectivity index is 1.26. The number of aryl methyl sites for hydroxylation is 1. The van der Waals surface area contributed by atoms with Crippen molar-refractivity contribution in [1.29, 1.82) is 0 Å². The summed E-state index contributed by atoms with van der Waals surface area (Å²) in [4.78, 5) is 24.2. The monoisotopic (exact) mass is 405 g/mol. The third-order valence-corrected chi connectivity index (χ3v) is 8.19. The van der Waals surface area contributed by atoms with Gasteiger partial charge in [0.05, 0.1) is 18.6 Å². The van der Waals surface area contributed by atoms with Gasteiger partial charge in [-0.3, -0.25) is 4.79 Å². The molecule has 0 spiro atoms. The predicted molar refractivity (Wildman–Crippen MR) is 109 cm³/mol. The van der Waals surface area contributed by atoms with Crippen molar-refractivity contribution in [3.05, 3.63) is 23.2 Å². The molecule has 1 N–H and O–H groups in total. The molecule has 4 saturated carbocycles. The van der Waals surface area contributed by atoms with Gasteiger partial charge < -0.3 is 14.5 Å². The first-order valence-electron chi connectivity index (χ1n) is 10.4. The van der Waals surface area contributed by atoms with Crippen LogP contribution in [-0.2, 0) is 15.3 Å². The summed E-state index contributed by atoms with van der Waals surface area (Å²) in [5, 5.41) is 3.30. The van der Waals surface area contributed by atoms with E-state index in [2.05, 4.69) is 12.2 Å². The smallest absolute Gasteiger partial charge is 0.341 e. The molecule has 28 heavy (non-hydrogen) atoms. The lowest BCUT2D eigenvalue weighted by molar-refractivity contribution is -0.123. The van der Waals surface area contributed by atoms with E-state index in [4.69, 9.17) is 9.15 Å². The Bertz CT molecular complexity index is 720. The van der Waals surface area contributed by atoms with E-state index in [0.717, 1.165) is 17.8 Å². The zero-order valence-electron chi connectivity index (χ0n) is 17.1. The van der Waals surface area contributed by atoms with E-state index in [9.17, 15) is 9.59 Å². The first kappa shape index (κ1) is 19.9. The zero-order chi connectivity index (χ0) is 19.9. The molecule has 1 aromatic heterocycles. The molecular formula is C22H31NO4S. The molecule has 6 heteroatoms. The number of rotatable bonds is 7. The number of amides is 1. The molecular weight excluding hydrogens is 374 g/mol. The summed E-state index contributed by atoms with van der Waals surface area (Å²) < 4.78 is 10.4. The molecule has 0 aliphatic heterocycles. The predicted octanol–water partition coefficient (Wildman–Crippen LogP) is 4.33. The molecule has 5 rings (SSSR count). The van der Waals surface area contributed by atoms with Gasteiger partial charge in [-0.15, -0.1) is 11.8 Å². The Kier molecular flexibility index (Phi) is 5.51. The topological polar surface area (TPSA) is 68.5 Å². The highest BCUT2D eigenvalue weighted by Gasteiger charge is 2.53. The lowest BCUT2D eigenvalue weighted by atomic mass is 9.48. The Morgan fingerprint density at radius 2 is 1.86 bits per heavy atom. The summed E-state index contributed by atoms with van der Waals surface area (Å²) in [6.45, 7) is 3.97. The third kappa shape index (κ3) is 3.85. The van der Waals surface area contributed by atoms with E-state index in [1.165, 1.54) is 57.4 Å². The van der Waals surface area contributed by atoms with Gasteiger partial charge in [-0.05, 0) is 81.6 Å². The SMILES string of the molecule is COC(=O)c1cc(CSCC(=O)NC(C)C23CC4CC(CC(C4)C2)C3)oc1C. The van der Waals surface area contributed by atoms with Crippen molar-refractivity contribution in [2.75, 3.05) is 12.9 Å². The molecule has 4 aliphatic carbocycles. The van der Waals surface area contributed by atoms with Crippen molar-refractivity contribution in [3.8, 4) is 0 Å². The Morgan fingerprint density at radius 1 is 1.25 bits per heavy atom. The van der Waals surface area contributed by atoms with Crippen molar-refractivity contribution in [1.82, 2.24) is 5.32 Å². The first-order valence-corrected chi connectivity index (χ1v) is 11.6. The van der Waals surface area contributed by atoms with Gasteiger partial charge in [0.25, 0.3) is 0 Å². The minimum absolute atomic E-state index is 0.102. The number of furan rings is 1. The summed E-state index contributed by atoms with van der Waals surface area (Å²) in [5.74, 6) is 4.63. The largest absolute Gasteiger partial charge is 0.465 e. The van der Waals surface area contributed by atoms with E-state index in [-0.39, 0.29) is 17.9 Å². The highest BCUT2D eigenvalue weighted by molar-refractivity contribution is 7.99. The number of hydrogen-bond acceptors (Lipinski definition) is 5. The van der Waals surface area contributed by atoms with Crippen LogP contribution in [0.25, 0.3) is 0 Å². The zero-order valence-corrected chi connectivity index (χ0v) is 17.9. The summed E-state index contributed by atoms with van der Waals surface area (Å²) in [7, 11) is 1.36. The van der Waals surface area contributed by atoms with Crippen LogP contribution in [0.3, 0.4) is 0 Å². The lowest BCUT2D eigenvalue weighted by Crippen LogP contribution is -2.56. The van der Waals surface area contributed by atoms with E-state index >= 15 is 0 Å². The minimum atomic E-state index is -0.389. The van der Waals surface area contributed by atoms with Crippen molar-refractivity contribution in [2.24, 2.45) is 23.2 Å². The maximum absolute atomic E-state index is 12.5. The molecule has 0 saturated heterocycles. The van der Waals surface area contributed by atoms with Crippen LogP contribution in [0.15, 0.2) is 10.5 Å². The van der Waals surface area contributed by atoms with E-state index in [1.54, 1.807) is 13.0 Å². The number of thioether (sulfide) groups is 1. The van der Waals surface area contributed by atoms with Crippen LogP contribution in [-0.4, -0.2) is 30.8 Å². The molecule has 1 amide bonds. The summed E-state index contributed by atoms with van der Waals surface area (Å²) in [6, 6.07) is 1.97. The Hall–Kier alpha value is -1.43. The Labute approximate surface area is 171 Å². The average molecular weight is 406 g/mol. The maximum Gasteiger partial charge on any atom is 0.341 e. The number of nitrogens with one attached hydrogen (secondary N) is 1. The average Bonchev–Trinajstić information content (AvgIpc) is 3.00. The van der Waals surface area contributed by atoms with Gasteiger partial charge in [0, 0.05) is 6.04 Å². The van der Waals surface area contributed by atoms with Crippen LogP contribution in [0.2, 0.25) is 0 Å². The van der Waals surface area contributed by atoms with Gasteiger partial charge in [0.15, 0.2) is 0 Å². The molecule has 0 aromatic carbocycles. The minimum Gasteiger partial charge on any atom is -0.465 e. The molecule has 1 aromatic rings. The quantitative estimate of drug-likeness (QED) is 0.684. The molecule has 1 atom stereocenters. The van der Waals surface area contributed by atoms with E-state index in [1.807, 2.05) is 0 Å². The highest BCUT2D eigenvalue weighted by Crippen LogP contribution is 2.61. The van der Waals surface area contributed by atoms with Gasteiger partial charge >= 0.3 is 5.97 Å². The van der Waals surface area contributed by atoms with Gasteiger partial charge in [0.2, 0.25) is 5.91 Å². The molecule has 4 bridgehead atoms. The second-order valence-corrected chi connectivity index (χ2v) is 10.2. The van der Waals surface area contributed by atoms with Crippen LogP contribution >= 0.6 is 11.8 Å². The molecule has 154 valence electrons. The van der Waals surface area contributed by atoms with Crippen molar-refractivity contribution in [2.45, 2.75) is 64.2 Å². The lowest BCUT2D eigenvalue weighted by Gasteiger charge is -2.59. The fourth-order valence-electron chi connectivity index (χ4n) is 6.32. The van der Waals surface area contributed by atoms with Gasteiger partial charge in [-0.25, -0.2) is 4.79 Å². The first-order chi connectivity index (χ1) is 13.4. The fourth-order valence-corrected chi connectivity index (χ4v) is 7.03. The molecule has 5 nitrogen and oxygen atoms in total. The number of carbonyl (C=O) groups excluding carboxylic acids is 2. The molecule has 1 unspecified atom stereocenters. The third-order valence-electron chi connectivity index (χ3n) is 7.23. The van der Waals surface area contributed by atoms with Crippen LogP contribution in [0.5, 0.6) is 0 Å². The van der Waals surface area contributed by atoms with Crippen LogP contribution in [0.1, 0.15) is 67.3 Å². The molecule has 1 heterocycles. The summed E-state index contributed by atoms with van der Waals surface area (Å²) >= 11 is 1.52. The van der Waals surface area contributed by atoms with Gasteiger partial charge in [-0.2, -0.15) is 0 Å². The number of methoxy groups -OCH3 is 1. The van der Waals surface area contributed by atoms with E-state index < -0.39 is 0 Å². The molecule has 4 fully saturated rings. The van der Waals surface area contributed by atoms with Crippen molar-refractivity contribution in [3.63, 3.8) is 0 Å². The van der Waals surface area contributed by atoms with E-state index in [0.29, 0.717) is 34.0 Å². The molecule has 4 aliphatic rings. The fraction of sp³-hybridized carbons (Fsp3) is 0.727. The van der Waals surface area contributed by atoms with Crippen LogP contribution in [0, 0.1) is 30.1 Å². The van der Waals surface area contributed by atoms with Crippen LogP contribution in [0.4, 0.5) is 0 Å². The summed E-state index contributed by atoms with van der Waals surface area (Å²) in [6.07, 6.45) is 8.17. The molecule has 0 radical (unpaired) electrons. The maximum atomic E-state index is 12.5. The second kappa shape index (κ2) is 7.77.